The second-order valence-electron chi connectivity index (χ2n) is 6.47. The molecule has 0 radical (unpaired) electrons. The van der Waals surface area contributed by atoms with Gasteiger partial charge in [0.1, 0.15) is 0 Å². The molecule has 25 heavy (non-hydrogen) atoms. The van der Waals surface area contributed by atoms with Gasteiger partial charge in [0.2, 0.25) is 0 Å². The Bertz CT molecular complexity index is 793. The zero-order chi connectivity index (χ0) is 18.2. The first kappa shape index (κ1) is 17.6. The second-order valence-corrected chi connectivity index (χ2v) is 6.47. The molecule has 4 N–H and O–H groups in total. The monoisotopic (exact) mass is 342 g/mol. The zero-order valence-corrected chi connectivity index (χ0v) is 15.4. The smallest absolute Gasteiger partial charge is 0.259 e. The predicted octanol–water partition coefficient (Wildman–Crippen LogP) is 1.24. The lowest BCUT2D eigenvalue weighted by atomic mass is 10.0. The van der Waals surface area contributed by atoms with Crippen molar-refractivity contribution in [1.82, 2.24) is 25.7 Å². The summed E-state index contributed by atoms with van der Waals surface area (Å²) in [6, 6.07) is 6.17. The van der Waals surface area contributed by atoms with Gasteiger partial charge in [0.05, 0.1) is 16.9 Å². The van der Waals surface area contributed by atoms with Crippen molar-refractivity contribution in [2.75, 3.05) is 26.5 Å². The first-order valence-corrected chi connectivity index (χ1v) is 8.45. The summed E-state index contributed by atoms with van der Waals surface area (Å²) >= 11 is 0. The molecule has 0 bridgehead atoms. The standard InChI is InChI=1S/C18H26N6O/c1-11-12(10-24(5)23-11)17(25)22-14-8-6-7-13-16(14)15(19-2)9-18(13,20-3)21-4/h6-8,10,15,19-21H,9H2,1-5H3,(H,22,25). The van der Waals surface area contributed by atoms with E-state index in [4.69, 9.17) is 0 Å². The number of nitrogens with one attached hydrogen (secondary N) is 4. The lowest BCUT2D eigenvalue weighted by molar-refractivity contribution is 0.102. The summed E-state index contributed by atoms with van der Waals surface area (Å²) in [5, 5.41) is 17.5. The van der Waals surface area contributed by atoms with Gasteiger partial charge in [-0.2, -0.15) is 5.10 Å². The second kappa shape index (κ2) is 6.59. The number of rotatable bonds is 5. The van der Waals surface area contributed by atoms with Crippen LogP contribution in [0.1, 0.15) is 39.6 Å². The number of hydrogen-bond donors (Lipinski definition) is 4. The van der Waals surface area contributed by atoms with Crippen molar-refractivity contribution in [3.05, 3.63) is 46.8 Å². The molecule has 7 heteroatoms. The molecule has 3 rings (SSSR count). The fourth-order valence-corrected chi connectivity index (χ4v) is 3.80. The fraction of sp³-hybridized carbons (Fsp3) is 0.444. The Kier molecular flexibility index (Phi) is 4.64. The molecule has 7 nitrogen and oxygen atoms in total. The number of fused-ring (bicyclic) bond motifs is 1. The largest absolute Gasteiger partial charge is 0.322 e. The molecule has 1 aliphatic rings. The summed E-state index contributed by atoms with van der Waals surface area (Å²) in [7, 11) is 7.65. The van der Waals surface area contributed by atoms with E-state index in [2.05, 4.69) is 32.4 Å². The molecule has 1 unspecified atom stereocenters. The Labute approximate surface area is 148 Å². The number of anilines is 1. The summed E-state index contributed by atoms with van der Waals surface area (Å²) in [5.74, 6) is -0.139. The molecule has 1 aliphatic carbocycles. The minimum atomic E-state index is -0.312. The molecule has 1 aromatic heterocycles. The van der Waals surface area contributed by atoms with Crippen LogP contribution < -0.4 is 21.3 Å². The SMILES string of the molecule is CNC1CC(NC)(NC)c2cccc(NC(=O)c3cn(C)nc3C)c21. The van der Waals surface area contributed by atoms with Gasteiger partial charge in [-0.1, -0.05) is 12.1 Å². The molecule has 1 heterocycles. The molecule has 0 saturated heterocycles. The maximum atomic E-state index is 12.7. The molecule has 0 saturated carbocycles. The number of nitrogens with zero attached hydrogens (tertiary/aromatic N) is 2. The van der Waals surface area contributed by atoms with Gasteiger partial charge < -0.3 is 10.6 Å². The molecular weight excluding hydrogens is 316 g/mol. The highest BCUT2D eigenvalue weighted by atomic mass is 16.1. The van der Waals surface area contributed by atoms with Gasteiger partial charge in [-0.15, -0.1) is 0 Å². The number of aromatic nitrogens is 2. The van der Waals surface area contributed by atoms with Crippen molar-refractivity contribution < 1.29 is 4.79 Å². The first-order valence-electron chi connectivity index (χ1n) is 8.45. The number of hydrogen-bond acceptors (Lipinski definition) is 5. The third-order valence-corrected chi connectivity index (χ3v) is 5.13. The summed E-state index contributed by atoms with van der Waals surface area (Å²) in [4.78, 5) is 12.7. The molecule has 0 spiro atoms. The highest BCUT2D eigenvalue weighted by Crippen LogP contribution is 2.44. The van der Waals surface area contributed by atoms with Crippen LogP contribution >= 0.6 is 0 Å². The van der Waals surface area contributed by atoms with Crippen molar-refractivity contribution in [1.29, 1.82) is 0 Å². The number of benzene rings is 1. The lowest BCUT2D eigenvalue weighted by Gasteiger charge is -2.30. The third kappa shape index (κ3) is 2.84. The van der Waals surface area contributed by atoms with Crippen molar-refractivity contribution >= 4 is 11.6 Å². The number of aryl methyl sites for hydroxylation is 2. The van der Waals surface area contributed by atoms with Crippen LogP contribution in [0, 0.1) is 6.92 Å². The van der Waals surface area contributed by atoms with Crippen LogP contribution in [0.5, 0.6) is 0 Å². The van der Waals surface area contributed by atoms with Crippen LogP contribution in [0.2, 0.25) is 0 Å². The van der Waals surface area contributed by atoms with Gasteiger partial charge in [-0.3, -0.25) is 20.1 Å². The van der Waals surface area contributed by atoms with Crippen molar-refractivity contribution in [3.63, 3.8) is 0 Å². The summed E-state index contributed by atoms with van der Waals surface area (Å²) in [5.41, 5.74) is 4.09. The van der Waals surface area contributed by atoms with Crippen LogP contribution in [-0.4, -0.2) is 36.8 Å². The highest BCUT2D eigenvalue weighted by molar-refractivity contribution is 6.05. The van der Waals surface area contributed by atoms with Gasteiger partial charge in [-0.25, -0.2) is 0 Å². The summed E-state index contributed by atoms with van der Waals surface area (Å²) in [6.07, 6.45) is 2.60. The Morgan fingerprint density at radius 1 is 1.28 bits per heavy atom. The Balaban J connectivity index is 2.01. The summed E-state index contributed by atoms with van der Waals surface area (Å²) < 4.78 is 1.66. The molecule has 1 amide bonds. The molecule has 1 aromatic carbocycles. The Morgan fingerprint density at radius 2 is 2.00 bits per heavy atom. The molecule has 1 atom stereocenters. The van der Waals surface area contributed by atoms with E-state index in [-0.39, 0.29) is 17.6 Å². The highest BCUT2D eigenvalue weighted by Gasteiger charge is 2.42. The maximum Gasteiger partial charge on any atom is 0.259 e. The van der Waals surface area contributed by atoms with E-state index in [0.717, 1.165) is 28.9 Å². The molecule has 0 fully saturated rings. The average Bonchev–Trinajstić information content (AvgIpc) is 3.12. The Morgan fingerprint density at radius 3 is 2.56 bits per heavy atom. The minimum Gasteiger partial charge on any atom is -0.322 e. The molecule has 134 valence electrons. The average molecular weight is 342 g/mol. The normalized spacial score (nSPS) is 18.2. The van der Waals surface area contributed by atoms with E-state index in [1.54, 1.807) is 10.9 Å². The minimum absolute atomic E-state index is 0.139. The van der Waals surface area contributed by atoms with E-state index < -0.39 is 0 Å². The van der Waals surface area contributed by atoms with E-state index in [9.17, 15) is 4.79 Å². The van der Waals surface area contributed by atoms with Crippen LogP contribution in [0.25, 0.3) is 0 Å². The molecular formula is C18H26N6O. The van der Waals surface area contributed by atoms with Crippen LogP contribution in [-0.2, 0) is 12.7 Å². The number of carbonyl (C=O) groups excluding carboxylic acids is 1. The zero-order valence-electron chi connectivity index (χ0n) is 15.4. The van der Waals surface area contributed by atoms with E-state index in [1.807, 2.05) is 47.2 Å². The van der Waals surface area contributed by atoms with Gasteiger partial charge >= 0.3 is 0 Å². The fourth-order valence-electron chi connectivity index (χ4n) is 3.80. The summed E-state index contributed by atoms with van der Waals surface area (Å²) in [6.45, 7) is 1.84. The van der Waals surface area contributed by atoms with Gasteiger partial charge in [-0.05, 0) is 45.3 Å². The van der Waals surface area contributed by atoms with Gasteiger partial charge in [0.15, 0.2) is 0 Å². The van der Waals surface area contributed by atoms with E-state index in [1.165, 1.54) is 0 Å². The van der Waals surface area contributed by atoms with Crippen LogP contribution in [0.4, 0.5) is 5.69 Å². The maximum absolute atomic E-state index is 12.7. The number of carbonyl (C=O) groups is 1. The van der Waals surface area contributed by atoms with Crippen molar-refractivity contribution in [2.45, 2.75) is 25.0 Å². The predicted molar refractivity (Wildman–Crippen MR) is 98.6 cm³/mol. The van der Waals surface area contributed by atoms with E-state index >= 15 is 0 Å². The van der Waals surface area contributed by atoms with Gasteiger partial charge in [0, 0.05) is 31.4 Å². The van der Waals surface area contributed by atoms with Crippen LogP contribution in [0.15, 0.2) is 24.4 Å². The quantitative estimate of drug-likeness (QED) is 0.615. The third-order valence-electron chi connectivity index (χ3n) is 5.13. The Hall–Kier alpha value is -2.22. The van der Waals surface area contributed by atoms with Crippen molar-refractivity contribution in [3.8, 4) is 0 Å². The van der Waals surface area contributed by atoms with Crippen molar-refractivity contribution in [2.24, 2.45) is 7.05 Å². The van der Waals surface area contributed by atoms with Gasteiger partial charge in [0.25, 0.3) is 5.91 Å². The number of amides is 1. The lowest BCUT2D eigenvalue weighted by Crippen LogP contribution is -2.49. The van der Waals surface area contributed by atoms with Crippen LogP contribution in [0.3, 0.4) is 0 Å². The molecule has 2 aromatic rings. The van der Waals surface area contributed by atoms with E-state index in [0.29, 0.717) is 5.56 Å². The first-order chi connectivity index (χ1) is 12.0. The molecule has 0 aliphatic heterocycles. The topological polar surface area (TPSA) is 83.0 Å².